The molecule has 2 heterocycles. The summed E-state index contributed by atoms with van der Waals surface area (Å²) in [5, 5.41) is 10.1. The van der Waals surface area contributed by atoms with E-state index >= 15 is 0 Å². The Morgan fingerprint density at radius 3 is 2.39 bits per heavy atom. The van der Waals surface area contributed by atoms with Gasteiger partial charge >= 0.3 is 6.01 Å². The Bertz CT molecular complexity index is 1160. The van der Waals surface area contributed by atoms with E-state index in [1.807, 2.05) is 0 Å². The van der Waals surface area contributed by atoms with Gasteiger partial charge < -0.3 is 9.15 Å². The van der Waals surface area contributed by atoms with Crippen molar-refractivity contribution in [1.82, 2.24) is 14.5 Å². The molecule has 2 aromatic carbocycles. The largest absolute Gasteiger partial charge is 0.407 e. The molecule has 0 radical (unpaired) electrons. The van der Waals surface area contributed by atoms with Crippen LogP contribution >= 0.6 is 0 Å². The van der Waals surface area contributed by atoms with Crippen molar-refractivity contribution < 1.29 is 26.8 Å². The molecular formula is C20H19FN4O5S. The second kappa shape index (κ2) is 8.92. The summed E-state index contributed by atoms with van der Waals surface area (Å²) in [4.78, 5) is 12.5. The lowest BCUT2D eigenvalue weighted by molar-refractivity contribution is 0.0730. The highest BCUT2D eigenvalue weighted by Gasteiger charge is 2.26. The Hall–Kier alpha value is -3.15. The van der Waals surface area contributed by atoms with E-state index in [0.717, 1.165) is 5.56 Å². The highest BCUT2D eigenvalue weighted by Crippen LogP contribution is 2.19. The minimum absolute atomic E-state index is 0.0906. The van der Waals surface area contributed by atoms with E-state index < -0.39 is 15.9 Å². The zero-order chi connectivity index (χ0) is 21.8. The molecule has 0 bridgehead atoms. The number of hydrogen-bond acceptors (Lipinski definition) is 7. The summed E-state index contributed by atoms with van der Waals surface area (Å²) in [6.07, 6.45) is 0.289. The number of amides is 1. The van der Waals surface area contributed by atoms with E-state index in [9.17, 15) is 17.6 Å². The summed E-state index contributed by atoms with van der Waals surface area (Å²) in [7, 11) is -3.64. The average molecular weight is 446 g/mol. The van der Waals surface area contributed by atoms with E-state index in [0.29, 0.717) is 26.3 Å². The van der Waals surface area contributed by atoms with Crippen molar-refractivity contribution in [2.45, 2.75) is 11.3 Å². The normalized spacial score (nSPS) is 15.0. The molecule has 0 spiro atoms. The topological polar surface area (TPSA) is 115 Å². The number of halogens is 1. The van der Waals surface area contributed by atoms with Crippen molar-refractivity contribution >= 4 is 21.9 Å². The number of aromatic nitrogens is 2. The zero-order valence-electron chi connectivity index (χ0n) is 16.3. The lowest BCUT2D eigenvalue weighted by Crippen LogP contribution is -2.40. The quantitative estimate of drug-likeness (QED) is 0.616. The zero-order valence-corrected chi connectivity index (χ0v) is 17.1. The third-order valence-electron chi connectivity index (χ3n) is 4.68. The maximum absolute atomic E-state index is 13.0. The molecule has 0 aliphatic carbocycles. The predicted octanol–water partition coefficient (Wildman–Crippen LogP) is 2.07. The van der Waals surface area contributed by atoms with E-state index in [4.69, 9.17) is 9.15 Å². The number of nitrogens with zero attached hydrogens (tertiary/aromatic N) is 3. The number of ether oxygens (including phenoxy) is 1. The molecule has 0 unspecified atom stereocenters. The minimum Gasteiger partial charge on any atom is -0.407 e. The predicted molar refractivity (Wildman–Crippen MR) is 107 cm³/mol. The average Bonchev–Trinajstić information content (AvgIpc) is 3.22. The first kappa shape index (κ1) is 21.1. The Labute approximate surface area is 177 Å². The molecule has 31 heavy (non-hydrogen) atoms. The van der Waals surface area contributed by atoms with Gasteiger partial charge in [0.15, 0.2) is 0 Å². The van der Waals surface area contributed by atoms with Crippen LogP contribution in [-0.2, 0) is 21.2 Å². The molecule has 9 nitrogen and oxygen atoms in total. The van der Waals surface area contributed by atoms with Gasteiger partial charge in [-0.1, -0.05) is 17.2 Å². The highest BCUT2D eigenvalue weighted by atomic mass is 32.2. The number of anilines is 1. The van der Waals surface area contributed by atoms with Crippen LogP contribution in [0.5, 0.6) is 0 Å². The molecule has 11 heteroatoms. The first-order chi connectivity index (χ1) is 14.9. The SMILES string of the molecule is O=C(Nc1nnc(Cc2ccc(F)cc2)o1)c1ccc(S(=O)(=O)N2CCOCC2)cc1. The summed E-state index contributed by atoms with van der Waals surface area (Å²) >= 11 is 0. The van der Waals surface area contributed by atoms with Gasteiger partial charge in [0, 0.05) is 18.7 Å². The lowest BCUT2D eigenvalue weighted by Gasteiger charge is -2.26. The van der Waals surface area contributed by atoms with Crippen molar-refractivity contribution in [2.24, 2.45) is 0 Å². The Kier molecular flexibility index (Phi) is 6.07. The van der Waals surface area contributed by atoms with E-state index in [1.165, 1.54) is 40.7 Å². The van der Waals surface area contributed by atoms with Crippen LogP contribution in [0.3, 0.4) is 0 Å². The number of rotatable bonds is 6. The van der Waals surface area contributed by atoms with Crippen LogP contribution in [0, 0.1) is 5.82 Å². The summed E-state index contributed by atoms with van der Waals surface area (Å²) in [6.45, 7) is 1.30. The van der Waals surface area contributed by atoms with Crippen molar-refractivity contribution in [3.8, 4) is 0 Å². The van der Waals surface area contributed by atoms with Gasteiger partial charge in [-0.25, -0.2) is 12.8 Å². The molecular weight excluding hydrogens is 427 g/mol. The van der Waals surface area contributed by atoms with E-state index in [2.05, 4.69) is 15.5 Å². The molecule has 0 atom stereocenters. The molecule has 1 aliphatic heterocycles. The lowest BCUT2D eigenvalue weighted by atomic mass is 10.1. The van der Waals surface area contributed by atoms with E-state index in [1.54, 1.807) is 12.1 Å². The van der Waals surface area contributed by atoms with Crippen molar-refractivity contribution in [3.05, 3.63) is 71.4 Å². The molecule has 1 aliphatic rings. The Balaban J connectivity index is 1.40. The molecule has 1 saturated heterocycles. The second-order valence-corrected chi connectivity index (χ2v) is 8.74. The molecule has 3 aromatic rings. The van der Waals surface area contributed by atoms with Crippen molar-refractivity contribution in [1.29, 1.82) is 0 Å². The van der Waals surface area contributed by atoms with Gasteiger partial charge in [0.25, 0.3) is 5.91 Å². The van der Waals surface area contributed by atoms with Crippen LogP contribution in [0.4, 0.5) is 10.4 Å². The molecule has 1 amide bonds. The number of benzene rings is 2. The molecule has 1 N–H and O–H groups in total. The second-order valence-electron chi connectivity index (χ2n) is 6.80. The van der Waals surface area contributed by atoms with Gasteiger partial charge in [0.1, 0.15) is 5.82 Å². The Morgan fingerprint density at radius 2 is 1.71 bits per heavy atom. The first-order valence-corrected chi connectivity index (χ1v) is 10.9. The third-order valence-corrected chi connectivity index (χ3v) is 6.59. The molecule has 162 valence electrons. The van der Waals surface area contributed by atoms with Crippen LogP contribution in [0.25, 0.3) is 0 Å². The standard InChI is InChI=1S/C20H19FN4O5S/c21-16-5-1-14(2-6-16)13-18-23-24-20(30-18)22-19(26)15-3-7-17(8-4-15)31(27,28)25-9-11-29-12-10-25/h1-8H,9-13H2,(H,22,24,26). The van der Waals surface area contributed by atoms with Gasteiger partial charge in [-0.3, -0.25) is 10.1 Å². The fourth-order valence-corrected chi connectivity index (χ4v) is 4.44. The highest BCUT2D eigenvalue weighted by molar-refractivity contribution is 7.89. The first-order valence-electron chi connectivity index (χ1n) is 9.48. The number of carbonyl (C=O) groups is 1. The van der Waals surface area contributed by atoms with Gasteiger partial charge in [-0.15, -0.1) is 5.10 Å². The van der Waals surface area contributed by atoms with Gasteiger partial charge in [-0.2, -0.15) is 4.31 Å². The third kappa shape index (κ3) is 4.95. The number of hydrogen-bond donors (Lipinski definition) is 1. The van der Waals surface area contributed by atoms with Crippen molar-refractivity contribution in [2.75, 3.05) is 31.6 Å². The van der Waals surface area contributed by atoms with Crippen LogP contribution in [0.1, 0.15) is 21.8 Å². The van der Waals surface area contributed by atoms with Crippen LogP contribution in [0.15, 0.2) is 57.8 Å². The maximum Gasteiger partial charge on any atom is 0.322 e. The summed E-state index contributed by atoms with van der Waals surface area (Å²) in [5.74, 6) is -0.604. The van der Waals surface area contributed by atoms with Gasteiger partial charge in [0.05, 0.1) is 24.5 Å². The fourth-order valence-electron chi connectivity index (χ4n) is 3.04. The Morgan fingerprint density at radius 1 is 1.03 bits per heavy atom. The number of sulfonamides is 1. The van der Waals surface area contributed by atoms with Crippen LogP contribution < -0.4 is 5.32 Å². The van der Waals surface area contributed by atoms with Crippen molar-refractivity contribution in [3.63, 3.8) is 0 Å². The van der Waals surface area contributed by atoms with Gasteiger partial charge in [-0.05, 0) is 42.0 Å². The summed E-state index contributed by atoms with van der Waals surface area (Å²) in [6, 6.07) is 11.4. The minimum atomic E-state index is -3.64. The molecule has 4 rings (SSSR count). The maximum atomic E-state index is 13.0. The number of morpholine rings is 1. The smallest absolute Gasteiger partial charge is 0.322 e. The summed E-state index contributed by atoms with van der Waals surface area (Å²) < 4.78 is 50.2. The monoisotopic (exact) mass is 446 g/mol. The molecule has 1 fully saturated rings. The van der Waals surface area contributed by atoms with Crippen LogP contribution in [0.2, 0.25) is 0 Å². The van der Waals surface area contributed by atoms with Crippen LogP contribution in [-0.4, -0.2) is 55.1 Å². The molecule has 0 saturated carbocycles. The number of carbonyl (C=O) groups excluding carboxylic acids is 1. The fraction of sp³-hybridized carbons (Fsp3) is 0.250. The van der Waals surface area contributed by atoms with E-state index in [-0.39, 0.29) is 34.6 Å². The molecule has 1 aromatic heterocycles. The van der Waals surface area contributed by atoms with Gasteiger partial charge in [0.2, 0.25) is 15.9 Å². The summed E-state index contributed by atoms with van der Waals surface area (Å²) in [5.41, 5.74) is 1.01. The number of nitrogens with one attached hydrogen (secondary N) is 1.